The second-order valence-corrected chi connectivity index (χ2v) is 4.46. The van der Waals surface area contributed by atoms with Crippen molar-refractivity contribution >= 4 is 11.9 Å². The molecule has 0 radical (unpaired) electrons. The predicted molar refractivity (Wildman–Crippen MR) is 62.1 cm³/mol. The summed E-state index contributed by atoms with van der Waals surface area (Å²) < 4.78 is 41.7. The molecule has 0 fully saturated rings. The highest BCUT2D eigenvalue weighted by atomic mass is 19.4. The number of hydrogen-bond acceptors (Lipinski definition) is 4. The van der Waals surface area contributed by atoms with Gasteiger partial charge < -0.3 is 15.4 Å². The molecular weight excluding hydrogens is 265 g/mol. The summed E-state index contributed by atoms with van der Waals surface area (Å²) in [6.45, 7) is 3.27. The molecule has 0 spiro atoms. The van der Waals surface area contributed by atoms with Gasteiger partial charge in [0.15, 0.2) is 6.04 Å². The summed E-state index contributed by atoms with van der Waals surface area (Å²) in [4.78, 5) is 23.6. The van der Waals surface area contributed by atoms with Crippen LogP contribution in [0.3, 0.4) is 0 Å². The smallest absolute Gasteiger partial charge is 0.406 e. The monoisotopic (exact) mass is 284 g/mol. The number of nitrogens with two attached hydrogens (primary N) is 1. The van der Waals surface area contributed by atoms with Crippen molar-refractivity contribution in [1.82, 2.24) is 4.90 Å². The van der Waals surface area contributed by atoms with Gasteiger partial charge in [0.25, 0.3) is 5.91 Å². The maximum Gasteiger partial charge on any atom is 0.406 e. The first-order chi connectivity index (χ1) is 8.58. The second kappa shape index (κ2) is 7.32. The number of hydrogen-bond donors (Lipinski definition) is 1. The van der Waals surface area contributed by atoms with Gasteiger partial charge in [0.05, 0.1) is 6.61 Å². The number of carbonyl (C=O) groups excluding carboxylic acids is 2. The normalized spacial score (nSPS) is 13.3. The number of halogens is 3. The molecule has 112 valence electrons. The topological polar surface area (TPSA) is 72.6 Å². The SMILES string of the molecule is CCOC(=O)C(N)C(=O)N(CC(C)C)CC(F)(F)F. The van der Waals surface area contributed by atoms with E-state index < -0.39 is 30.6 Å². The van der Waals surface area contributed by atoms with Crippen LogP contribution >= 0.6 is 0 Å². The Hall–Kier alpha value is -1.31. The lowest BCUT2D eigenvalue weighted by atomic mass is 10.2. The zero-order chi connectivity index (χ0) is 15.2. The molecule has 0 aromatic carbocycles. The number of nitrogens with zero attached hydrogens (tertiary/aromatic N) is 1. The van der Waals surface area contributed by atoms with E-state index in [1.165, 1.54) is 6.92 Å². The maximum absolute atomic E-state index is 12.4. The van der Waals surface area contributed by atoms with Crippen molar-refractivity contribution in [3.8, 4) is 0 Å². The summed E-state index contributed by atoms with van der Waals surface area (Å²) in [5, 5.41) is 0. The first-order valence-electron chi connectivity index (χ1n) is 5.86. The molecule has 0 aliphatic carbocycles. The Morgan fingerprint density at radius 2 is 1.84 bits per heavy atom. The summed E-state index contributed by atoms with van der Waals surface area (Å²) in [5.41, 5.74) is 5.31. The van der Waals surface area contributed by atoms with Crippen LogP contribution in [0.5, 0.6) is 0 Å². The second-order valence-electron chi connectivity index (χ2n) is 4.46. The summed E-state index contributed by atoms with van der Waals surface area (Å²) in [6.07, 6.45) is -4.54. The lowest BCUT2D eigenvalue weighted by molar-refractivity contribution is -0.166. The fourth-order valence-electron chi connectivity index (χ4n) is 1.42. The van der Waals surface area contributed by atoms with Crippen LogP contribution in [0.2, 0.25) is 0 Å². The Kier molecular flexibility index (Phi) is 6.82. The molecule has 19 heavy (non-hydrogen) atoms. The third-order valence-corrected chi connectivity index (χ3v) is 2.07. The van der Waals surface area contributed by atoms with Crippen molar-refractivity contribution in [2.24, 2.45) is 11.7 Å². The van der Waals surface area contributed by atoms with Gasteiger partial charge in [0.1, 0.15) is 6.54 Å². The Bertz CT molecular complexity index is 319. The van der Waals surface area contributed by atoms with Crippen LogP contribution in [0, 0.1) is 5.92 Å². The van der Waals surface area contributed by atoms with Crippen molar-refractivity contribution in [3.63, 3.8) is 0 Å². The molecule has 0 heterocycles. The maximum atomic E-state index is 12.4. The molecular formula is C11H19F3N2O3. The van der Waals surface area contributed by atoms with E-state index in [4.69, 9.17) is 5.73 Å². The molecule has 0 aromatic heterocycles. The van der Waals surface area contributed by atoms with E-state index >= 15 is 0 Å². The highest BCUT2D eigenvalue weighted by Crippen LogP contribution is 2.18. The van der Waals surface area contributed by atoms with Gasteiger partial charge in [-0.05, 0) is 12.8 Å². The molecule has 0 aromatic rings. The molecule has 1 atom stereocenters. The number of ether oxygens (including phenoxy) is 1. The summed E-state index contributed by atoms with van der Waals surface area (Å²) >= 11 is 0. The van der Waals surface area contributed by atoms with Gasteiger partial charge in [-0.15, -0.1) is 0 Å². The fraction of sp³-hybridized carbons (Fsp3) is 0.818. The summed E-state index contributed by atoms with van der Waals surface area (Å²) in [7, 11) is 0. The van der Waals surface area contributed by atoms with Crippen LogP contribution in [0.4, 0.5) is 13.2 Å². The van der Waals surface area contributed by atoms with Crippen molar-refractivity contribution in [2.45, 2.75) is 33.0 Å². The van der Waals surface area contributed by atoms with E-state index in [2.05, 4.69) is 4.74 Å². The molecule has 0 aliphatic heterocycles. The highest BCUT2D eigenvalue weighted by Gasteiger charge is 2.36. The van der Waals surface area contributed by atoms with Crippen molar-refractivity contribution < 1.29 is 27.5 Å². The van der Waals surface area contributed by atoms with Crippen LogP contribution in [0.25, 0.3) is 0 Å². The van der Waals surface area contributed by atoms with Crippen LogP contribution in [0.1, 0.15) is 20.8 Å². The van der Waals surface area contributed by atoms with Gasteiger partial charge in [-0.1, -0.05) is 13.8 Å². The van der Waals surface area contributed by atoms with Crippen LogP contribution in [0.15, 0.2) is 0 Å². The third kappa shape index (κ3) is 7.00. The predicted octanol–water partition coefficient (Wildman–Crippen LogP) is 0.924. The average molecular weight is 284 g/mol. The molecule has 0 saturated carbocycles. The summed E-state index contributed by atoms with van der Waals surface area (Å²) in [6, 6.07) is -1.72. The molecule has 5 nitrogen and oxygen atoms in total. The third-order valence-electron chi connectivity index (χ3n) is 2.07. The fourth-order valence-corrected chi connectivity index (χ4v) is 1.42. The molecule has 1 amide bonds. The first kappa shape index (κ1) is 17.7. The Morgan fingerprint density at radius 3 is 2.21 bits per heavy atom. The van der Waals surface area contributed by atoms with E-state index in [-0.39, 0.29) is 19.1 Å². The Balaban J connectivity index is 4.84. The highest BCUT2D eigenvalue weighted by molar-refractivity contribution is 6.01. The minimum atomic E-state index is -4.54. The van der Waals surface area contributed by atoms with E-state index in [1.807, 2.05) is 0 Å². The number of rotatable bonds is 6. The van der Waals surface area contributed by atoms with Gasteiger partial charge in [-0.25, -0.2) is 4.79 Å². The van der Waals surface area contributed by atoms with E-state index in [9.17, 15) is 22.8 Å². The molecule has 0 saturated heterocycles. The lowest BCUT2D eigenvalue weighted by Gasteiger charge is -2.27. The molecule has 0 rings (SSSR count). The van der Waals surface area contributed by atoms with Gasteiger partial charge in [-0.3, -0.25) is 4.79 Å². The molecule has 0 bridgehead atoms. The average Bonchev–Trinajstić information content (AvgIpc) is 2.24. The summed E-state index contributed by atoms with van der Waals surface area (Å²) in [5.74, 6) is -2.28. The van der Waals surface area contributed by atoms with Crippen LogP contribution < -0.4 is 5.73 Å². The van der Waals surface area contributed by atoms with Gasteiger partial charge >= 0.3 is 12.1 Å². The van der Waals surface area contributed by atoms with E-state index in [1.54, 1.807) is 13.8 Å². The number of esters is 1. The zero-order valence-corrected chi connectivity index (χ0v) is 11.2. The minimum absolute atomic E-state index is 0.00324. The van der Waals surface area contributed by atoms with Gasteiger partial charge in [-0.2, -0.15) is 13.2 Å². The van der Waals surface area contributed by atoms with Crippen molar-refractivity contribution in [3.05, 3.63) is 0 Å². The first-order valence-corrected chi connectivity index (χ1v) is 5.86. The van der Waals surface area contributed by atoms with E-state index in [0.717, 1.165) is 0 Å². The number of alkyl halides is 3. The van der Waals surface area contributed by atoms with Crippen LogP contribution in [-0.2, 0) is 14.3 Å². The standard InChI is InChI=1S/C11H19F3N2O3/c1-4-19-10(18)8(15)9(17)16(5-7(2)3)6-11(12,13)14/h7-8H,4-6,15H2,1-3H3. The Labute approximate surface area is 109 Å². The Morgan fingerprint density at radius 1 is 1.32 bits per heavy atom. The zero-order valence-electron chi connectivity index (χ0n) is 11.2. The molecule has 0 aliphatic rings. The number of carbonyl (C=O) groups is 2. The minimum Gasteiger partial charge on any atom is -0.464 e. The number of amides is 1. The van der Waals surface area contributed by atoms with Gasteiger partial charge in [0.2, 0.25) is 0 Å². The van der Waals surface area contributed by atoms with E-state index in [0.29, 0.717) is 4.90 Å². The van der Waals surface area contributed by atoms with Crippen molar-refractivity contribution in [1.29, 1.82) is 0 Å². The van der Waals surface area contributed by atoms with Crippen molar-refractivity contribution in [2.75, 3.05) is 19.7 Å². The largest absolute Gasteiger partial charge is 0.464 e. The van der Waals surface area contributed by atoms with Crippen LogP contribution in [-0.4, -0.2) is 48.7 Å². The van der Waals surface area contributed by atoms with Gasteiger partial charge in [0, 0.05) is 6.54 Å². The molecule has 8 heteroatoms. The molecule has 2 N–H and O–H groups in total. The quantitative estimate of drug-likeness (QED) is 0.581. The molecule has 1 unspecified atom stereocenters. The lowest BCUT2D eigenvalue weighted by Crippen LogP contribution is -2.52.